The number of ether oxygens (including phenoxy) is 1. The van der Waals surface area contributed by atoms with Crippen LogP contribution in [0.2, 0.25) is 0 Å². The second kappa shape index (κ2) is 10.6. The fourth-order valence-electron chi connectivity index (χ4n) is 3.70. The molecule has 4 aromatic rings. The maximum atomic E-state index is 6.05. The highest BCUT2D eigenvalue weighted by Gasteiger charge is 2.10. The Balaban J connectivity index is 1.54. The maximum Gasteiger partial charge on any atom is 0.123 e. The number of hydrogen-bond acceptors (Lipinski definition) is 4. The van der Waals surface area contributed by atoms with Gasteiger partial charge in [0.05, 0.1) is 6.61 Å². The summed E-state index contributed by atoms with van der Waals surface area (Å²) in [6.45, 7) is 5.07. The molecule has 3 nitrogen and oxygen atoms in total. The quantitative estimate of drug-likeness (QED) is 0.297. The lowest BCUT2D eigenvalue weighted by Gasteiger charge is -2.14. The molecule has 0 amide bonds. The standard InChI is InChI=1S/C27H30N2OS/c1-2-20-7-5-8-21(15-20)18-29-19-24-16-23(11-12-25(24)30-14-6-13-28)27-17-22-9-3-4-10-26(22)31-27/h3-5,7-12,15-17,29H,2,6,13-14,18-19,28H2,1H3. The van der Waals surface area contributed by atoms with Crippen LogP contribution in [0.5, 0.6) is 5.75 Å². The summed E-state index contributed by atoms with van der Waals surface area (Å²) < 4.78 is 7.37. The molecule has 0 saturated heterocycles. The number of benzene rings is 3. The zero-order chi connectivity index (χ0) is 21.5. The van der Waals surface area contributed by atoms with Gasteiger partial charge in [-0.2, -0.15) is 0 Å². The lowest BCUT2D eigenvalue weighted by atomic mass is 10.1. The smallest absolute Gasteiger partial charge is 0.123 e. The molecule has 1 aromatic heterocycles. The van der Waals surface area contributed by atoms with Gasteiger partial charge in [-0.1, -0.05) is 49.4 Å². The van der Waals surface area contributed by atoms with Crippen molar-refractivity contribution < 1.29 is 4.74 Å². The topological polar surface area (TPSA) is 47.3 Å². The molecule has 3 N–H and O–H groups in total. The first-order chi connectivity index (χ1) is 15.3. The average molecular weight is 431 g/mol. The lowest BCUT2D eigenvalue weighted by molar-refractivity contribution is 0.309. The van der Waals surface area contributed by atoms with Crippen molar-refractivity contribution in [3.63, 3.8) is 0 Å². The van der Waals surface area contributed by atoms with E-state index in [-0.39, 0.29) is 0 Å². The second-order valence-corrected chi connectivity index (χ2v) is 8.82. The van der Waals surface area contributed by atoms with E-state index in [0.29, 0.717) is 13.2 Å². The van der Waals surface area contributed by atoms with Crippen molar-refractivity contribution in [1.82, 2.24) is 5.32 Å². The van der Waals surface area contributed by atoms with Crippen molar-refractivity contribution in [3.8, 4) is 16.2 Å². The van der Waals surface area contributed by atoms with Crippen LogP contribution in [0.1, 0.15) is 30.0 Å². The van der Waals surface area contributed by atoms with Crippen LogP contribution in [-0.2, 0) is 19.5 Å². The molecular weight excluding hydrogens is 400 g/mol. The molecule has 4 heteroatoms. The Labute approximate surface area is 188 Å². The molecule has 1 heterocycles. The highest BCUT2D eigenvalue weighted by atomic mass is 32.1. The van der Waals surface area contributed by atoms with Crippen molar-refractivity contribution in [3.05, 3.63) is 89.5 Å². The van der Waals surface area contributed by atoms with E-state index >= 15 is 0 Å². The SMILES string of the molecule is CCc1cccc(CNCc2cc(-c3cc4ccccc4s3)ccc2OCCCN)c1. The molecule has 0 unspecified atom stereocenters. The number of thiophene rings is 1. The van der Waals surface area contributed by atoms with Gasteiger partial charge in [0.2, 0.25) is 0 Å². The third-order valence-corrected chi connectivity index (χ3v) is 6.59. The molecule has 31 heavy (non-hydrogen) atoms. The maximum absolute atomic E-state index is 6.05. The van der Waals surface area contributed by atoms with Gasteiger partial charge in [0.25, 0.3) is 0 Å². The zero-order valence-electron chi connectivity index (χ0n) is 18.1. The van der Waals surface area contributed by atoms with Crippen molar-refractivity contribution in [2.75, 3.05) is 13.2 Å². The average Bonchev–Trinajstić information content (AvgIpc) is 3.24. The fourth-order valence-corrected chi connectivity index (χ4v) is 4.76. The Morgan fingerprint density at radius 2 is 1.77 bits per heavy atom. The largest absolute Gasteiger partial charge is 0.493 e. The third-order valence-electron chi connectivity index (χ3n) is 5.42. The monoisotopic (exact) mass is 430 g/mol. The number of rotatable bonds is 10. The van der Waals surface area contributed by atoms with Crippen LogP contribution in [0.25, 0.3) is 20.5 Å². The van der Waals surface area contributed by atoms with E-state index < -0.39 is 0 Å². The highest BCUT2D eigenvalue weighted by molar-refractivity contribution is 7.22. The van der Waals surface area contributed by atoms with Crippen LogP contribution in [0.15, 0.2) is 72.8 Å². The first-order valence-electron chi connectivity index (χ1n) is 11.0. The van der Waals surface area contributed by atoms with Crippen LogP contribution in [0.4, 0.5) is 0 Å². The minimum absolute atomic E-state index is 0.640. The molecule has 3 aromatic carbocycles. The molecule has 0 saturated carbocycles. The van der Waals surface area contributed by atoms with E-state index in [1.165, 1.54) is 37.2 Å². The Kier molecular flexibility index (Phi) is 7.36. The summed E-state index contributed by atoms with van der Waals surface area (Å²) in [5.74, 6) is 0.938. The molecule has 0 radical (unpaired) electrons. The molecule has 0 atom stereocenters. The van der Waals surface area contributed by atoms with E-state index in [1.54, 1.807) is 0 Å². The molecule has 160 valence electrons. The van der Waals surface area contributed by atoms with Gasteiger partial charge in [0.15, 0.2) is 0 Å². The van der Waals surface area contributed by atoms with E-state index in [1.807, 2.05) is 11.3 Å². The number of fused-ring (bicyclic) bond motifs is 1. The molecule has 0 bridgehead atoms. The Morgan fingerprint density at radius 1 is 0.903 bits per heavy atom. The number of hydrogen-bond donors (Lipinski definition) is 2. The molecule has 0 spiro atoms. The molecule has 0 aliphatic carbocycles. The number of nitrogens with one attached hydrogen (secondary N) is 1. The minimum Gasteiger partial charge on any atom is -0.493 e. The summed E-state index contributed by atoms with van der Waals surface area (Å²) in [5, 5.41) is 4.90. The van der Waals surface area contributed by atoms with Crippen LogP contribution in [0.3, 0.4) is 0 Å². The van der Waals surface area contributed by atoms with E-state index in [2.05, 4.69) is 85.0 Å². The van der Waals surface area contributed by atoms with Gasteiger partial charge >= 0.3 is 0 Å². The van der Waals surface area contributed by atoms with Gasteiger partial charge in [-0.3, -0.25) is 0 Å². The van der Waals surface area contributed by atoms with E-state index in [9.17, 15) is 0 Å². The van der Waals surface area contributed by atoms with Crippen molar-refractivity contribution >= 4 is 21.4 Å². The predicted octanol–water partition coefficient (Wildman–Crippen LogP) is 6.15. The molecule has 0 aliphatic heterocycles. The minimum atomic E-state index is 0.640. The Bertz CT molecular complexity index is 1100. The van der Waals surface area contributed by atoms with Crippen LogP contribution in [0, 0.1) is 0 Å². The molecular formula is C27H30N2OS. The van der Waals surface area contributed by atoms with Gasteiger partial charge in [0, 0.05) is 28.2 Å². The first kappa shape index (κ1) is 21.6. The number of aryl methyl sites for hydroxylation is 1. The summed E-state index contributed by atoms with van der Waals surface area (Å²) in [6.07, 6.45) is 1.92. The third kappa shape index (κ3) is 5.53. The zero-order valence-corrected chi connectivity index (χ0v) is 18.9. The van der Waals surface area contributed by atoms with Gasteiger partial charge < -0.3 is 15.8 Å². The molecule has 0 fully saturated rings. The van der Waals surface area contributed by atoms with Gasteiger partial charge in [-0.15, -0.1) is 11.3 Å². The summed E-state index contributed by atoms with van der Waals surface area (Å²) >= 11 is 1.83. The highest BCUT2D eigenvalue weighted by Crippen LogP contribution is 2.35. The van der Waals surface area contributed by atoms with Gasteiger partial charge in [-0.25, -0.2) is 0 Å². The van der Waals surface area contributed by atoms with Crippen LogP contribution < -0.4 is 15.8 Å². The molecule has 0 aliphatic rings. The van der Waals surface area contributed by atoms with Crippen molar-refractivity contribution in [2.24, 2.45) is 5.73 Å². The summed E-state index contributed by atoms with van der Waals surface area (Å²) in [7, 11) is 0. The Morgan fingerprint density at radius 3 is 2.61 bits per heavy atom. The fraction of sp³-hybridized carbons (Fsp3) is 0.259. The summed E-state index contributed by atoms with van der Waals surface area (Å²) in [6, 6.07) is 26.1. The normalized spacial score (nSPS) is 11.2. The predicted molar refractivity (Wildman–Crippen MR) is 133 cm³/mol. The number of nitrogens with two attached hydrogens (primary N) is 1. The van der Waals surface area contributed by atoms with Crippen molar-refractivity contribution in [2.45, 2.75) is 32.9 Å². The summed E-state index contributed by atoms with van der Waals surface area (Å²) in [4.78, 5) is 1.28. The summed E-state index contributed by atoms with van der Waals surface area (Å²) in [5.41, 5.74) is 10.7. The van der Waals surface area contributed by atoms with Gasteiger partial charge in [-0.05, 0) is 71.8 Å². The van der Waals surface area contributed by atoms with Crippen molar-refractivity contribution in [1.29, 1.82) is 0 Å². The van der Waals surface area contributed by atoms with Crippen LogP contribution in [-0.4, -0.2) is 13.2 Å². The van der Waals surface area contributed by atoms with E-state index in [4.69, 9.17) is 10.5 Å². The van der Waals surface area contributed by atoms with Crippen LogP contribution >= 0.6 is 11.3 Å². The molecule has 4 rings (SSSR count). The lowest BCUT2D eigenvalue weighted by Crippen LogP contribution is -2.14. The first-order valence-corrected chi connectivity index (χ1v) is 11.8. The Hall–Kier alpha value is -2.66. The van der Waals surface area contributed by atoms with E-state index in [0.717, 1.165) is 31.7 Å². The van der Waals surface area contributed by atoms with Gasteiger partial charge in [0.1, 0.15) is 5.75 Å². The second-order valence-electron chi connectivity index (χ2n) is 7.74.